The SMILES string of the molecule is COc1ccc2oc(C(C)NC(=O)C(N)c3ccccc3)c(C)c2c1.Cl. The first-order valence-electron chi connectivity index (χ1n) is 8.19. The number of aryl methyl sites for hydroxylation is 1. The Morgan fingerprint density at radius 1 is 1.19 bits per heavy atom. The van der Waals surface area contributed by atoms with E-state index in [0.717, 1.165) is 33.6 Å². The van der Waals surface area contributed by atoms with Crippen molar-refractivity contribution in [3.05, 3.63) is 65.4 Å². The molecule has 0 saturated carbocycles. The van der Waals surface area contributed by atoms with Gasteiger partial charge in [0.15, 0.2) is 0 Å². The number of fused-ring (bicyclic) bond motifs is 1. The monoisotopic (exact) mass is 374 g/mol. The van der Waals surface area contributed by atoms with Crippen LogP contribution in [0.15, 0.2) is 52.9 Å². The van der Waals surface area contributed by atoms with E-state index in [1.807, 2.05) is 62.4 Å². The van der Waals surface area contributed by atoms with Crippen LogP contribution < -0.4 is 15.8 Å². The molecule has 0 radical (unpaired) electrons. The lowest BCUT2D eigenvalue weighted by molar-refractivity contribution is -0.123. The molecule has 0 spiro atoms. The molecule has 0 aliphatic carbocycles. The summed E-state index contributed by atoms with van der Waals surface area (Å²) < 4.78 is 11.2. The zero-order chi connectivity index (χ0) is 18.0. The lowest BCUT2D eigenvalue weighted by Crippen LogP contribution is -2.35. The van der Waals surface area contributed by atoms with Gasteiger partial charge in [-0.1, -0.05) is 30.3 Å². The number of rotatable bonds is 5. The fourth-order valence-electron chi connectivity index (χ4n) is 2.94. The first kappa shape index (κ1) is 19.8. The van der Waals surface area contributed by atoms with E-state index in [-0.39, 0.29) is 24.4 Å². The maximum absolute atomic E-state index is 12.5. The molecule has 0 bridgehead atoms. The zero-order valence-electron chi connectivity index (χ0n) is 15.0. The summed E-state index contributed by atoms with van der Waals surface area (Å²) in [6, 6.07) is 13.9. The molecular weight excluding hydrogens is 352 g/mol. The van der Waals surface area contributed by atoms with Crippen LogP contribution in [0.1, 0.15) is 35.9 Å². The van der Waals surface area contributed by atoms with Gasteiger partial charge in [0.2, 0.25) is 5.91 Å². The molecule has 2 aromatic carbocycles. The van der Waals surface area contributed by atoms with Crippen LogP contribution in [0.3, 0.4) is 0 Å². The van der Waals surface area contributed by atoms with Gasteiger partial charge < -0.3 is 20.2 Å². The van der Waals surface area contributed by atoms with Crippen LogP contribution in [0.25, 0.3) is 11.0 Å². The summed E-state index contributed by atoms with van der Waals surface area (Å²) in [7, 11) is 1.63. The van der Waals surface area contributed by atoms with Crippen LogP contribution >= 0.6 is 12.4 Å². The number of nitrogens with one attached hydrogen (secondary N) is 1. The maximum Gasteiger partial charge on any atom is 0.242 e. The van der Waals surface area contributed by atoms with Crippen molar-refractivity contribution in [1.29, 1.82) is 0 Å². The van der Waals surface area contributed by atoms with Gasteiger partial charge in [-0.3, -0.25) is 4.79 Å². The van der Waals surface area contributed by atoms with Gasteiger partial charge in [-0.05, 0) is 37.6 Å². The Morgan fingerprint density at radius 3 is 2.54 bits per heavy atom. The van der Waals surface area contributed by atoms with E-state index in [2.05, 4.69) is 5.32 Å². The number of carbonyl (C=O) groups excluding carboxylic acids is 1. The van der Waals surface area contributed by atoms with Crippen LogP contribution in [-0.2, 0) is 4.79 Å². The molecule has 5 nitrogen and oxygen atoms in total. The number of amides is 1. The predicted molar refractivity (Wildman–Crippen MR) is 105 cm³/mol. The van der Waals surface area contributed by atoms with Gasteiger partial charge in [0, 0.05) is 10.9 Å². The highest BCUT2D eigenvalue weighted by Gasteiger charge is 2.22. The highest BCUT2D eigenvalue weighted by atomic mass is 35.5. The van der Waals surface area contributed by atoms with Gasteiger partial charge in [-0.15, -0.1) is 12.4 Å². The summed E-state index contributed by atoms with van der Waals surface area (Å²) in [6.45, 7) is 3.86. The van der Waals surface area contributed by atoms with Crippen molar-refractivity contribution in [3.63, 3.8) is 0 Å². The summed E-state index contributed by atoms with van der Waals surface area (Å²) in [5.74, 6) is 1.25. The molecule has 3 rings (SSSR count). The van der Waals surface area contributed by atoms with Crippen molar-refractivity contribution < 1.29 is 13.9 Å². The van der Waals surface area contributed by atoms with Crippen molar-refractivity contribution in [2.24, 2.45) is 5.73 Å². The summed E-state index contributed by atoms with van der Waals surface area (Å²) in [5, 5.41) is 3.91. The third kappa shape index (κ3) is 3.84. The molecule has 6 heteroatoms. The molecule has 2 unspecified atom stereocenters. The summed E-state index contributed by atoms with van der Waals surface area (Å²) >= 11 is 0. The second kappa shape index (κ2) is 8.25. The number of nitrogens with two attached hydrogens (primary N) is 1. The topological polar surface area (TPSA) is 77.5 Å². The van der Waals surface area contributed by atoms with Crippen molar-refractivity contribution in [2.45, 2.75) is 25.9 Å². The van der Waals surface area contributed by atoms with E-state index in [4.69, 9.17) is 14.9 Å². The van der Waals surface area contributed by atoms with Crippen LogP contribution in [0.2, 0.25) is 0 Å². The van der Waals surface area contributed by atoms with E-state index >= 15 is 0 Å². The van der Waals surface area contributed by atoms with Crippen molar-refractivity contribution in [3.8, 4) is 5.75 Å². The summed E-state index contributed by atoms with van der Waals surface area (Å²) in [4.78, 5) is 12.5. The van der Waals surface area contributed by atoms with Crippen LogP contribution in [0, 0.1) is 6.92 Å². The number of carbonyl (C=O) groups is 1. The Kier molecular flexibility index (Phi) is 6.29. The Morgan fingerprint density at radius 2 is 1.88 bits per heavy atom. The zero-order valence-corrected chi connectivity index (χ0v) is 15.8. The molecule has 3 aromatic rings. The summed E-state index contributed by atoms with van der Waals surface area (Å²) in [5.41, 5.74) is 8.58. The average Bonchev–Trinajstić information content (AvgIpc) is 2.98. The van der Waals surface area contributed by atoms with Crippen molar-refractivity contribution >= 4 is 29.3 Å². The number of methoxy groups -OCH3 is 1. The van der Waals surface area contributed by atoms with Crippen LogP contribution in [0.5, 0.6) is 5.75 Å². The standard InChI is InChI=1S/C20H22N2O3.ClH/c1-12-16-11-15(24-3)9-10-17(16)25-19(12)13(2)22-20(23)18(21)14-7-5-4-6-8-14;/h4-11,13,18H,21H2,1-3H3,(H,22,23);1H. The predicted octanol–water partition coefficient (Wildman–Crippen LogP) is 4.05. The molecule has 26 heavy (non-hydrogen) atoms. The minimum absolute atomic E-state index is 0. The van der Waals surface area contributed by atoms with E-state index in [9.17, 15) is 4.79 Å². The van der Waals surface area contributed by atoms with Gasteiger partial charge >= 0.3 is 0 Å². The Labute approximate surface area is 158 Å². The molecule has 0 fully saturated rings. The molecule has 2 atom stereocenters. The first-order chi connectivity index (χ1) is 12.0. The normalized spacial score (nSPS) is 12.9. The third-order valence-electron chi connectivity index (χ3n) is 4.37. The number of hydrogen-bond donors (Lipinski definition) is 2. The molecule has 1 aromatic heterocycles. The average molecular weight is 375 g/mol. The smallest absolute Gasteiger partial charge is 0.242 e. The summed E-state index contributed by atoms with van der Waals surface area (Å²) in [6.07, 6.45) is 0. The van der Waals surface area contributed by atoms with Gasteiger partial charge in [-0.25, -0.2) is 0 Å². The molecule has 1 heterocycles. The van der Waals surface area contributed by atoms with Gasteiger partial charge in [-0.2, -0.15) is 0 Å². The van der Waals surface area contributed by atoms with Gasteiger partial charge in [0.25, 0.3) is 0 Å². The Balaban J connectivity index is 0.00000243. The fourth-order valence-corrected chi connectivity index (χ4v) is 2.94. The lowest BCUT2D eigenvalue weighted by atomic mass is 10.1. The molecule has 3 N–H and O–H groups in total. The molecule has 138 valence electrons. The van der Waals surface area contributed by atoms with E-state index < -0.39 is 6.04 Å². The highest BCUT2D eigenvalue weighted by Crippen LogP contribution is 2.32. The number of benzene rings is 2. The number of hydrogen-bond acceptors (Lipinski definition) is 4. The van der Waals surface area contributed by atoms with Crippen LogP contribution in [0.4, 0.5) is 0 Å². The largest absolute Gasteiger partial charge is 0.497 e. The van der Waals surface area contributed by atoms with Gasteiger partial charge in [0.1, 0.15) is 23.1 Å². The van der Waals surface area contributed by atoms with Crippen molar-refractivity contribution in [2.75, 3.05) is 7.11 Å². The van der Waals surface area contributed by atoms with E-state index in [0.29, 0.717) is 0 Å². The first-order valence-corrected chi connectivity index (χ1v) is 8.19. The molecule has 0 aliphatic rings. The number of ether oxygens (including phenoxy) is 1. The third-order valence-corrected chi connectivity index (χ3v) is 4.37. The molecule has 1 amide bonds. The molecule has 0 saturated heterocycles. The van der Waals surface area contributed by atoms with Crippen molar-refractivity contribution in [1.82, 2.24) is 5.32 Å². The molecular formula is C20H23ClN2O3. The maximum atomic E-state index is 12.5. The minimum Gasteiger partial charge on any atom is -0.497 e. The van der Waals surface area contributed by atoms with Gasteiger partial charge in [0.05, 0.1) is 13.2 Å². The highest BCUT2D eigenvalue weighted by molar-refractivity contribution is 5.86. The lowest BCUT2D eigenvalue weighted by Gasteiger charge is -2.17. The Hall–Kier alpha value is -2.50. The Bertz CT molecular complexity index is 893. The van der Waals surface area contributed by atoms with E-state index in [1.54, 1.807) is 7.11 Å². The number of halogens is 1. The second-order valence-corrected chi connectivity index (χ2v) is 6.07. The van der Waals surface area contributed by atoms with E-state index in [1.165, 1.54) is 0 Å². The molecule has 0 aliphatic heterocycles. The second-order valence-electron chi connectivity index (χ2n) is 6.07. The quantitative estimate of drug-likeness (QED) is 0.706. The minimum atomic E-state index is -0.714. The van der Waals surface area contributed by atoms with Crippen LogP contribution in [-0.4, -0.2) is 13.0 Å². The number of furan rings is 1. The fraction of sp³-hybridized carbons (Fsp3) is 0.250.